The number of ketones is 1. The molecular weight excluding hydrogens is 609 g/mol. The molecule has 11 heteroatoms. The molecule has 46 heavy (non-hydrogen) atoms. The fourth-order valence-electron chi connectivity index (χ4n) is 8.78. The van der Waals surface area contributed by atoms with Crippen LogP contribution in [0.15, 0.2) is 65.3 Å². The molecule has 2 saturated carbocycles. The number of hydrogen-bond donors (Lipinski definition) is 3. The summed E-state index contributed by atoms with van der Waals surface area (Å²) in [6, 6.07) is 10.9. The van der Waals surface area contributed by atoms with E-state index in [9.17, 15) is 37.8 Å². The zero-order valence-electron chi connectivity index (χ0n) is 25.3. The van der Waals surface area contributed by atoms with Crippen molar-refractivity contribution in [3.63, 3.8) is 0 Å². The molecule has 2 aromatic carbocycles. The van der Waals surface area contributed by atoms with Crippen molar-refractivity contribution < 1.29 is 46.5 Å². The van der Waals surface area contributed by atoms with Crippen LogP contribution in [0.1, 0.15) is 89.6 Å². The fourth-order valence-corrected chi connectivity index (χ4v) is 8.78. The van der Waals surface area contributed by atoms with Gasteiger partial charge in [-0.05, 0) is 110 Å². The largest absolute Gasteiger partial charge is 0.478 e. The second-order valence-corrected chi connectivity index (χ2v) is 13.3. The van der Waals surface area contributed by atoms with Gasteiger partial charge in [0.1, 0.15) is 5.60 Å². The molecule has 0 radical (unpaired) electrons. The average Bonchev–Trinajstić information content (AvgIpc) is 3.28. The normalized spacial score (nSPS) is 29.4. The molecule has 0 heterocycles. The van der Waals surface area contributed by atoms with Gasteiger partial charge in [0, 0.05) is 29.0 Å². The number of alkyl halides is 5. The summed E-state index contributed by atoms with van der Waals surface area (Å²) >= 11 is 0. The Morgan fingerprint density at radius 2 is 1.67 bits per heavy atom. The number of aromatic carboxylic acids is 1. The third-order valence-corrected chi connectivity index (χ3v) is 11.1. The summed E-state index contributed by atoms with van der Waals surface area (Å²) in [6.45, 7) is 2.94. The van der Waals surface area contributed by atoms with Gasteiger partial charge in [-0.25, -0.2) is 4.79 Å². The number of anilines is 1. The van der Waals surface area contributed by atoms with E-state index in [4.69, 9.17) is 0 Å². The second kappa shape index (κ2) is 10.9. The Balaban J connectivity index is 1.40. The maximum Gasteiger partial charge on any atom is 0.456 e. The van der Waals surface area contributed by atoms with E-state index in [1.54, 1.807) is 31.2 Å². The molecule has 3 N–H and O–H groups in total. The molecule has 0 bridgehead atoms. The van der Waals surface area contributed by atoms with E-state index < -0.39 is 53.2 Å². The summed E-state index contributed by atoms with van der Waals surface area (Å²) < 4.78 is 71.8. The summed E-state index contributed by atoms with van der Waals surface area (Å²) in [5, 5.41) is 23.5. The van der Waals surface area contributed by atoms with Crippen molar-refractivity contribution in [2.75, 3.05) is 5.32 Å². The summed E-state index contributed by atoms with van der Waals surface area (Å²) in [5.41, 5.74) is -0.762. The molecule has 0 saturated heterocycles. The van der Waals surface area contributed by atoms with Crippen molar-refractivity contribution in [2.45, 2.75) is 82.4 Å². The quantitative estimate of drug-likeness (QED) is 0.289. The zero-order valence-corrected chi connectivity index (χ0v) is 25.3. The summed E-state index contributed by atoms with van der Waals surface area (Å²) in [7, 11) is 0. The Kier molecular flexibility index (Phi) is 7.57. The Bertz CT molecular complexity index is 1690. The summed E-state index contributed by atoms with van der Waals surface area (Å²) in [4.78, 5) is 36.9. The van der Waals surface area contributed by atoms with Crippen LogP contribution in [0.3, 0.4) is 0 Å². The van der Waals surface area contributed by atoms with E-state index in [1.165, 1.54) is 31.2 Å². The number of nitrogens with one attached hydrogen (secondary N) is 1. The molecular formula is C35H34F5NO5. The predicted octanol–water partition coefficient (Wildman–Crippen LogP) is 7.77. The molecule has 6 nitrogen and oxygen atoms in total. The Labute approximate surface area is 262 Å². The number of carboxylic acid groups (broad SMARTS) is 1. The summed E-state index contributed by atoms with van der Waals surface area (Å²) in [5.74, 6) is -8.58. The number of aliphatic hydroxyl groups is 1. The van der Waals surface area contributed by atoms with Gasteiger partial charge in [-0.1, -0.05) is 30.7 Å². The van der Waals surface area contributed by atoms with Crippen LogP contribution in [-0.4, -0.2) is 45.6 Å². The van der Waals surface area contributed by atoms with Gasteiger partial charge in [-0.15, -0.1) is 0 Å². The first-order valence-corrected chi connectivity index (χ1v) is 15.4. The zero-order chi connectivity index (χ0) is 33.4. The van der Waals surface area contributed by atoms with Gasteiger partial charge in [0.15, 0.2) is 5.78 Å². The van der Waals surface area contributed by atoms with Crippen LogP contribution in [0.25, 0.3) is 0 Å². The van der Waals surface area contributed by atoms with Gasteiger partial charge in [-0.2, -0.15) is 22.0 Å². The van der Waals surface area contributed by atoms with Gasteiger partial charge < -0.3 is 15.5 Å². The van der Waals surface area contributed by atoms with E-state index >= 15 is 8.78 Å². The molecule has 4 aliphatic rings. The minimum atomic E-state index is -5.93. The lowest BCUT2D eigenvalue weighted by Gasteiger charge is -2.56. The first-order chi connectivity index (χ1) is 21.5. The lowest BCUT2D eigenvalue weighted by Crippen LogP contribution is -2.65. The molecule has 5 atom stereocenters. The van der Waals surface area contributed by atoms with Crippen molar-refractivity contribution in [3.8, 4) is 0 Å². The number of carboxylic acids is 1. The van der Waals surface area contributed by atoms with Crippen LogP contribution in [-0.2, 0) is 4.79 Å². The number of fused-ring (bicyclic) bond motifs is 4. The third kappa shape index (κ3) is 4.72. The van der Waals surface area contributed by atoms with Gasteiger partial charge in [0.05, 0.1) is 5.56 Å². The molecule has 1 amide bonds. The van der Waals surface area contributed by atoms with Crippen LogP contribution < -0.4 is 5.32 Å². The molecule has 4 aliphatic carbocycles. The van der Waals surface area contributed by atoms with Crippen LogP contribution >= 0.6 is 0 Å². The van der Waals surface area contributed by atoms with Crippen LogP contribution in [0.4, 0.5) is 27.6 Å². The average molecular weight is 644 g/mol. The van der Waals surface area contributed by atoms with E-state index in [1.807, 2.05) is 0 Å². The third-order valence-electron chi connectivity index (χ3n) is 11.1. The number of allylic oxidation sites excluding steroid dienone is 4. The van der Waals surface area contributed by atoms with Crippen molar-refractivity contribution in [1.29, 1.82) is 0 Å². The van der Waals surface area contributed by atoms with E-state index in [0.717, 1.165) is 16.7 Å². The Morgan fingerprint density at radius 3 is 2.33 bits per heavy atom. The highest BCUT2D eigenvalue weighted by Crippen LogP contribution is 2.70. The molecule has 0 unspecified atom stereocenters. The van der Waals surface area contributed by atoms with Crippen molar-refractivity contribution in [2.24, 2.45) is 17.3 Å². The minimum Gasteiger partial charge on any atom is -0.478 e. The number of hydrogen-bond acceptors (Lipinski definition) is 4. The molecule has 244 valence electrons. The number of amides is 1. The molecule has 0 aromatic heterocycles. The fraction of sp³-hybridized carbons (Fsp3) is 0.457. The molecule has 0 spiro atoms. The number of carbonyl (C=O) groups excluding carboxylic acids is 2. The number of benzene rings is 2. The maximum atomic E-state index is 15.2. The monoisotopic (exact) mass is 643 g/mol. The number of carbonyl (C=O) groups is 3. The standard InChI is InChI=1S/C35H34F5NO5/c1-18-23(31(44)45)4-3-5-28(18)41-30(43)20-8-6-19(7-9-20)26-17-32(2)27(14-15-33(32,46)34(36,37)35(38,39)40)25-12-10-21-16-22(42)11-13-24(21)29(25)26/h3-9,16,25-27,46H,10-15,17H2,1-2H3,(H,41,43)(H,44,45)/t25-,26+,27-,32-,33-/m0/s1. The van der Waals surface area contributed by atoms with Gasteiger partial charge in [-0.3, -0.25) is 9.59 Å². The molecule has 6 rings (SSSR count). The van der Waals surface area contributed by atoms with E-state index in [-0.39, 0.29) is 42.1 Å². The molecule has 2 fully saturated rings. The summed E-state index contributed by atoms with van der Waals surface area (Å²) in [6.07, 6.45) is -3.44. The topological polar surface area (TPSA) is 104 Å². The number of rotatable bonds is 5. The van der Waals surface area contributed by atoms with Crippen LogP contribution in [0.2, 0.25) is 0 Å². The smallest absolute Gasteiger partial charge is 0.456 e. The SMILES string of the molecule is Cc1c(NC(=O)c2ccc([C@H]3C[C@@]4(C)[C@@H](CC[C@@]4(O)C(F)(F)C(F)(F)F)[C@@H]4CCC5=CC(=O)CCC5=C43)cc2)cccc1C(=O)O. The first-order valence-electron chi connectivity index (χ1n) is 15.4. The van der Waals surface area contributed by atoms with Crippen molar-refractivity contribution in [3.05, 3.63) is 87.5 Å². The van der Waals surface area contributed by atoms with Gasteiger partial charge in [0.2, 0.25) is 0 Å². The van der Waals surface area contributed by atoms with Gasteiger partial charge in [0.25, 0.3) is 5.91 Å². The van der Waals surface area contributed by atoms with Crippen molar-refractivity contribution >= 4 is 23.3 Å². The Morgan fingerprint density at radius 1 is 0.978 bits per heavy atom. The minimum absolute atomic E-state index is 0.00504. The Hall–Kier alpha value is -3.86. The van der Waals surface area contributed by atoms with Crippen molar-refractivity contribution in [1.82, 2.24) is 0 Å². The predicted molar refractivity (Wildman–Crippen MR) is 159 cm³/mol. The highest BCUT2D eigenvalue weighted by Gasteiger charge is 2.79. The highest BCUT2D eigenvalue weighted by molar-refractivity contribution is 6.05. The van der Waals surface area contributed by atoms with E-state index in [0.29, 0.717) is 36.1 Å². The lowest BCUT2D eigenvalue weighted by molar-refractivity contribution is -0.362. The maximum absolute atomic E-state index is 15.2. The molecule has 0 aliphatic heterocycles. The highest BCUT2D eigenvalue weighted by atomic mass is 19.4. The lowest BCUT2D eigenvalue weighted by atomic mass is 9.50. The second-order valence-electron chi connectivity index (χ2n) is 13.3. The molecule has 2 aromatic rings. The van der Waals surface area contributed by atoms with Crippen LogP contribution in [0.5, 0.6) is 0 Å². The van der Waals surface area contributed by atoms with Crippen LogP contribution in [0, 0.1) is 24.2 Å². The number of halogens is 5. The first kappa shape index (κ1) is 32.1. The van der Waals surface area contributed by atoms with Gasteiger partial charge >= 0.3 is 18.1 Å². The van der Waals surface area contributed by atoms with E-state index in [2.05, 4.69) is 5.32 Å².